The number of nitrogens with zero attached hydrogens (tertiary/aromatic N) is 4. The van der Waals surface area contributed by atoms with Gasteiger partial charge in [-0.1, -0.05) is 12.1 Å². The number of piperazine rings is 1. The molecule has 0 spiro atoms. The maximum absolute atomic E-state index is 13.3. The Bertz CT molecular complexity index is 1050. The second-order valence-corrected chi connectivity index (χ2v) is 7.55. The molecule has 1 aliphatic heterocycles. The van der Waals surface area contributed by atoms with Crippen molar-refractivity contribution >= 4 is 33.4 Å². The first kappa shape index (κ1) is 19.3. The minimum absolute atomic E-state index is 0.0162. The van der Waals surface area contributed by atoms with Crippen molar-refractivity contribution in [1.29, 1.82) is 0 Å². The van der Waals surface area contributed by atoms with E-state index in [0.29, 0.717) is 37.4 Å². The normalized spacial score (nSPS) is 14.3. The number of hydrogen-bond acceptors (Lipinski definition) is 6. The van der Waals surface area contributed by atoms with Gasteiger partial charge >= 0.3 is 0 Å². The number of thiophene rings is 1. The molecule has 3 heterocycles. The Morgan fingerprint density at radius 1 is 1.10 bits per heavy atom. The van der Waals surface area contributed by atoms with Crippen molar-refractivity contribution in [2.45, 2.75) is 6.92 Å². The smallest absolute Gasteiger partial charge is 0.260 e. The van der Waals surface area contributed by atoms with Crippen molar-refractivity contribution in [1.82, 2.24) is 19.8 Å². The lowest BCUT2D eigenvalue weighted by Gasteiger charge is -2.34. The number of ether oxygens (including phenoxy) is 1. The number of amides is 2. The predicted molar refractivity (Wildman–Crippen MR) is 107 cm³/mol. The van der Waals surface area contributed by atoms with Crippen LogP contribution >= 0.6 is 11.3 Å². The van der Waals surface area contributed by atoms with E-state index in [2.05, 4.69) is 9.97 Å². The molecule has 0 N–H and O–H groups in total. The van der Waals surface area contributed by atoms with Gasteiger partial charge in [-0.25, -0.2) is 14.4 Å². The SMILES string of the molecule is CC(=O)N1CCN(C(=O)COc2ncnc3scc(-c4ccc(F)cc4)c23)CC1. The quantitative estimate of drug-likeness (QED) is 0.656. The molecule has 0 aliphatic carbocycles. The minimum atomic E-state index is -0.309. The first-order chi connectivity index (χ1) is 14.0. The van der Waals surface area contributed by atoms with Gasteiger partial charge in [0.2, 0.25) is 11.8 Å². The van der Waals surface area contributed by atoms with Crippen LogP contribution in [-0.4, -0.2) is 64.4 Å². The molecule has 7 nitrogen and oxygen atoms in total. The van der Waals surface area contributed by atoms with Crippen LogP contribution in [0, 0.1) is 5.82 Å². The average molecular weight is 414 g/mol. The Morgan fingerprint density at radius 3 is 2.48 bits per heavy atom. The first-order valence-electron chi connectivity index (χ1n) is 9.17. The number of rotatable bonds is 4. The molecule has 1 fully saturated rings. The van der Waals surface area contributed by atoms with Gasteiger partial charge in [-0.2, -0.15) is 0 Å². The van der Waals surface area contributed by atoms with Crippen molar-refractivity contribution in [2.24, 2.45) is 0 Å². The Labute approximate surface area is 170 Å². The highest BCUT2D eigenvalue weighted by atomic mass is 32.1. The molecule has 29 heavy (non-hydrogen) atoms. The number of halogens is 1. The summed E-state index contributed by atoms with van der Waals surface area (Å²) in [5.74, 6) is -0.121. The Balaban J connectivity index is 1.50. The third kappa shape index (κ3) is 4.04. The van der Waals surface area contributed by atoms with Gasteiger partial charge in [-0.05, 0) is 17.7 Å². The standard InChI is InChI=1S/C20H19FN4O3S/c1-13(26)24-6-8-25(9-7-24)17(27)10-28-19-18-16(11-29-20(18)23-12-22-19)14-2-4-15(21)5-3-14/h2-5,11-12H,6-10H2,1H3. The molecule has 0 saturated carbocycles. The molecule has 9 heteroatoms. The van der Waals surface area contributed by atoms with Gasteiger partial charge in [-0.15, -0.1) is 11.3 Å². The van der Waals surface area contributed by atoms with Crippen LogP contribution in [0.2, 0.25) is 0 Å². The zero-order chi connectivity index (χ0) is 20.4. The van der Waals surface area contributed by atoms with E-state index in [1.54, 1.807) is 21.9 Å². The largest absolute Gasteiger partial charge is 0.467 e. The van der Waals surface area contributed by atoms with Crippen molar-refractivity contribution in [3.8, 4) is 17.0 Å². The van der Waals surface area contributed by atoms with Gasteiger partial charge in [-0.3, -0.25) is 9.59 Å². The van der Waals surface area contributed by atoms with E-state index in [-0.39, 0.29) is 24.2 Å². The van der Waals surface area contributed by atoms with E-state index in [1.165, 1.54) is 36.7 Å². The number of benzene rings is 1. The summed E-state index contributed by atoms with van der Waals surface area (Å²) in [6.07, 6.45) is 1.40. The fraction of sp³-hybridized carbons (Fsp3) is 0.300. The summed E-state index contributed by atoms with van der Waals surface area (Å²) >= 11 is 1.43. The third-order valence-electron chi connectivity index (χ3n) is 4.90. The van der Waals surface area contributed by atoms with Crippen LogP contribution in [-0.2, 0) is 9.59 Å². The number of hydrogen-bond donors (Lipinski definition) is 0. The van der Waals surface area contributed by atoms with Crippen LogP contribution in [0.4, 0.5) is 4.39 Å². The number of fused-ring (bicyclic) bond motifs is 1. The second kappa shape index (κ2) is 8.12. The number of carbonyl (C=O) groups is 2. The zero-order valence-electron chi connectivity index (χ0n) is 15.8. The predicted octanol–water partition coefficient (Wildman–Crippen LogP) is 2.57. The molecular weight excluding hydrogens is 395 g/mol. The zero-order valence-corrected chi connectivity index (χ0v) is 16.6. The van der Waals surface area contributed by atoms with E-state index in [9.17, 15) is 14.0 Å². The second-order valence-electron chi connectivity index (χ2n) is 6.69. The Morgan fingerprint density at radius 2 is 1.79 bits per heavy atom. The highest BCUT2D eigenvalue weighted by Crippen LogP contribution is 2.37. The molecule has 1 aliphatic rings. The molecule has 0 unspecified atom stereocenters. The van der Waals surface area contributed by atoms with Gasteiger partial charge in [0, 0.05) is 44.0 Å². The highest BCUT2D eigenvalue weighted by molar-refractivity contribution is 7.17. The molecule has 0 atom stereocenters. The third-order valence-corrected chi connectivity index (χ3v) is 5.79. The minimum Gasteiger partial charge on any atom is -0.467 e. The summed E-state index contributed by atoms with van der Waals surface area (Å²) in [7, 11) is 0. The van der Waals surface area contributed by atoms with Crippen molar-refractivity contribution in [3.63, 3.8) is 0 Å². The van der Waals surface area contributed by atoms with Crippen LogP contribution in [0.3, 0.4) is 0 Å². The fourth-order valence-electron chi connectivity index (χ4n) is 3.29. The number of aromatic nitrogens is 2. The molecule has 4 rings (SSSR count). The molecule has 1 aromatic carbocycles. The van der Waals surface area contributed by atoms with E-state index in [1.807, 2.05) is 5.38 Å². The van der Waals surface area contributed by atoms with Gasteiger partial charge in [0.15, 0.2) is 6.61 Å². The van der Waals surface area contributed by atoms with E-state index < -0.39 is 0 Å². The maximum Gasteiger partial charge on any atom is 0.260 e. The molecule has 1 saturated heterocycles. The average Bonchev–Trinajstić information content (AvgIpc) is 3.17. The van der Waals surface area contributed by atoms with E-state index in [0.717, 1.165) is 16.0 Å². The lowest BCUT2D eigenvalue weighted by Crippen LogP contribution is -2.51. The van der Waals surface area contributed by atoms with Crippen LogP contribution in [0.1, 0.15) is 6.92 Å². The molecule has 150 valence electrons. The highest BCUT2D eigenvalue weighted by Gasteiger charge is 2.23. The summed E-state index contributed by atoms with van der Waals surface area (Å²) in [5, 5.41) is 2.63. The molecule has 2 amide bonds. The summed E-state index contributed by atoms with van der Waals surface area (Å²) < 4.78 is 19.0. The number of carbonyl (C=O) groups excluding carboxylic acids is 2. The summed E-state index contributed by atoms with van der Waals surface area (Å²) in [6, 6.07) is 6.17. The lowest BCUT2D eigenvalue weighted by atomic mass is 10.1. The van der Waals surface area contributed by atoms with Crippen LogP contribution in [0.15, 0.2) is 36.0 Å². The molecule has 0 radical (unpaired) electrons. The summed E-state index contributed by atoms with van der Waals surface area (Å²) in [5.41, 5.74) is 1.66. The van der Waals surface area contributed by atoms with Gasteiger partial charge in [0.05, 0.1) is 5.39 Å². The maximum atomic E-state index is 13.3. The molecule has 0 bridgehead atoms. The lowest BCUT2D eigenvalue weighted by molar-refractivity contribution is -0.139. The topological polar surface area (TPSA) is 75.6 Å². The van der Waals surface area contributed by atoms with E-state index in [4.69, 9.17) is 4.74 Å². The summed E-state index contributed by atoms with van der Waals surface area (Å²) in [4.78, 5) is 36.6. The van der Waals surface area contributed by atoms with E-state index >= 15 is 0 Å². The molecular formula is C20H19FN4O3S. The first-order valence-corrected chi connectivity index (χ1v) is 10.0. The summed E-state index contributed by atoms with van der Waals surface area (Å²) in [6.45, 7) is 3.40. The van der Waals surface area contributed by atoms with Gasteiger partial charge in [0.1, 0.15) is 17.0 Å². The Kier molecular flexibility index (Phi) is 5.39. The molecule has 2 aromatic heterocycles. The van der Waals surface area contributed by atoms with Gasteiger partial charge < -0.3 is 14.5 Å². The van der Waals surface area contributed by atoms with Gasteiger partial charge in [0.25, 0.3) is 5.91 Å². The molecule has 3 aromatic rings. The van der Waals surface area contributed by atoms with Crippen molar-refractivity contribution in [2.75, 3.05) is 32.8 Å². The monoisotopic (exact) mass is 414 g/mol. The Hall–Kier alpha value is -3.07. The fourth-order valence-corrected chi connectivity index (χ4v) is 4.20. The van der Waals surface area contributed by atoms with Crippen LogP contribution < -0.4 is 4.74 Å². The van der Waals surface area contributed by atoms with Crippen LogP contribution in [0.5, 0.6) is 5.88 Å². The van der Waals surface area contributed by atoms with Crippen LogP contribution in [0.25, 0.3) is 21.3 Å². The van der Waals surface area contributed by atoms with Crippen molar-refractivity contribution < 1.29 is 18.7 Å². The van der Waals surface area contributed by atoms with Crippen molar-refractivity contribution in [3.05, 3.63) is 41.8 Å².